The summed E-state index contributed by atoms with van der Waals surface area (Å²) in [6, 6.07) is 2.97. The van der Waals surface area contributed by atoms with Gasteiger partial charge in [0.15, 0.2) is 0 Å². The fourth-order valence-corrected chi connectivity index (χ4v) is 2.76. The third-order valence-corrected chi connectivity index (χ3v) is 4.27. The number of carboxylic acid groups (broad SMARTS) is 1. The predicted octanol–water partition coefficient (Wildman–Crippen LogP) is 2.71. The van der Waals surface area contributed by atoms with Crippen molar-refractivity contribution >= 4 is 33.3 Å². The second-order valence-electron chi connectivity index (χ2n) is 5.00. The Morgan fingerprint density at radius 1 is 1.48 bits per heavy atom. The Morgan fingerprint density at radius 2 is 2.10 bits per heavy atom. The van der Waals surface area contributed by atoms with E-state index < -0.39 is 16.4 Å². The van der Waals surface area contributed by atoms with E-state index in [0.717, 1.165) is 0 Å². The Hall–Kier alpha value is -1.67. The average Bonchev–Trinajstić information content (AvgIpc) is 2.43. The van der Waals surface area contributed by atoms with Crippen LogP contribution in [0.4, 0.5) is 11.4 Å². The van der Waals surface area contributed by atoms with Crippen LogP contribution in [-0.4, -0.2) is 34.8 Å². The van der Waals surface area contributed by atoms with Crippen molar-refractivity contribution in [2.24, 2.45) is 0 Å². The van der Waals surface area contributed by atoms with Crippen molar-refractivity contribution in [3.05, 3.63) is 32.3 Å². The quantitative estimate of drug-likeness (QED) is 0.633. The summed E-state index contributed by atoms with van der Waals surface area (Å²) in [6.45, 7) is 2.35. The molecule has 7 nitrogen and oxygen atoms in total. The standard InChI is InChI=1S/C13H15BrN2O5/c1-8-6-10(9(14)7-11(8)16(19)20)15-13(12(17)18)2-4-21-5-3-13/h6-7,15H,2-5H2,1H3,(H,17,18). The van der Waals surface area contributed by atoms with Crippen molar-refractivity contribution in [1.29, 1.82) is 0 Å². The number of hydrogen-bond acceptors (Lipinski definition) is 5. The van der Waals surface area contributed by atoms with Crippen molar-refractivity contribution in [1.82, 2.24) is 0 Å². The smallest absolute Gasteiger partial charge is 0.329 e. The van der Waals surface area contributed by atoms with Crippen LogP contribution < -0.4 is 5.32 Å². The van der Waals surface area contributed by atoms with Gasteiger partial charge in [-0.15, -0.1) is 0 Å². The lowest BCUT2D eigenvalue weighted by atomic mass is 9.89. The molecular formula is C13H15BrN2O5. The number of carbonyl (C=O) groups is 1. The molecule has 0 unspecified atom stereocenters. The number of hydrogen-bond donors (Lipinski definition) is 2. The molecule has 0 aromatic heterocycles. The van der Waals surface area contributed by atoms with Crippen molar-refractivity contribution in [2.75, 3.05) is 18.5 Å². The molecule has 21 heavy (non-hydrogen) atoms. The SMILES string of the molecule is Cc1cc(NC2(C(=O)O)CCOCC2)c(Br)cc1[N+](=O)[O-]. The summed E-state index contributed by atoms with van der Waals surface area (Å²) >= 11 is 3.26. The van der Waals surface area contributed by atoms with Gasteiger partial charge in [0.25, 0.3) is 5.69 Å². The van der Waals surface area contributed by atoms with E-state index in [2.05, 4.69) is 21.2 Å². The topological polar surface area (TPSA) is 102 Å². The number of halogens is 1. The van der Waals surface area contributed by atoms with Crippen molar-refractivity contribution in [3.8, 4) is 0 Å². The number of ether oxygens (including phenoxy) is 1. The number of anilines is 1. The average molecular weight is 359 g/mol. The second kappa shape index (κ2) is 5.98. The summed E-state index contributed by atoms with van der Waals surface area (Å²) in [5, 5.41) is 23.4. The van der Waals surface area contributed by atoms with Gasteiger partial charge in [0.05, 0.1) is 10.6 Å². The minimum atomic E-state index is -1.11. The molecule has 1 saturated heterocycles. The highest BCUT2D eigenvalue weighted by molar-refractivity contribution is 9.10. The lowest BCUT2D eigenvalue weighted by Crippen LogP contribution is -2.50. The van der Waals surface area contributed by atoms with E-state index in [1.165, 1.54) is 6.07 Å². The molecular weight excluding hydrogens is 344 g/mol. The first-order valence-electron chi connectivity index (χ1n) is 6.39. The number of benzene rings is 1. The Morgan fingerprint density at radius 3 is 2.62 bits per heavy atom. The maximum absolute atomic E-state index is 11.6. The molecule has 1 aliphatic heterocycles. The van der Waals surface area contributed by atoms with Gasteiger partial charge in [0.1, 0.15) is 5.54 Å². The first-order chi connectivity index (χ1) is 9.85. The lowest BCUT2D eigenvalue weighted by Gasteiger charge is -2.35. The molecule has 0 atom stereocenters. The second-order valence-corrected chi connectivity index (χ2v) is 5.85. The lowest BCUT2D eigenvalue weighted by molar-refractivity contribution is -0.385. The zero-order chi connectivity index (χ0) is 15.6. The van der Waals surface area contributed by atoms with Crippen LogP contribution in [0.3, 0.4) is 0 Å². The maximum Gasteiger partial charge on any atom is 0.329 e. The summed E-state index contributed by atoms with van der Waals surface area (Å²) in [6.07, 6.45) is 0.676. The molecule has 1 heterocycles. The summed E-state index contributed by atoms with van der Waals surface area (Å²) in [5.41, 5.74) is -0.118. The van der Waals surface area contributed by atoms with E-state index >= 15 is 0 Å². The summed E-state index contributed by atoms with van der Waals surface area (Å²) in [5.74, 6) is -0.950. The van der Waals surface area contributed by atoms with Gasteiger partial charge >= 0.3 is 5.97 Å². The fourth-order valence-electron chi connectivity index (χ4n) is 2.33. The Labute approximate surface area is 129 Å². The third kappa shape index (κ3) is 3.16. The molecule has 1 fully saturated rings. The van der Waals surface area contributed by atoms with Crippen LogP contribution >= 0.6 is 15.9 Å². The van der Waals surface area contributed by atoms with Gasteiger partial charge < -0.3 is 15.2 Å². The number of nitro benzene ring substituents is 1. The van der Waals surface area contributed by atoms with Crippen molar-refractivity contribution in [2.45, 2.75) is 25.3 Å². The number of rotatable bonds is 4. The third-order valence-electron chi connectivity index (χ3n) is 3.61. The number of nitrogens with zero attached hydrogens (tertiary/aromatic N) is 1. The van der Waals surface area contributed by atoms with Gasteiger partial charge in [0, 0.05) is 42.2 Å². The Balaban J connectivity index is 2.35. The molecule has 0 saturated carbocycles. The normalized spacial score (nSPS) is 17.2. The molecule has 0 radical (unpaired) electrons. The minimum Gasteiger partial charge on any atom is -0.480 e. The van der Waals surface area contributed by atoms with E-state index in [4.69, 9.17) is 4.74 Å². The summed E-state index contributed by atoms with van der Waals surface area (Å²) in [7, 11) is 0. The van der Waals surface area contributed by atoms with E-state index in [-0.39, 0.29) is 5.69 Å². The molecule has 114 valence electrons. The molecule has 8 heteroatoms. The van der Waals surface area contributed by atoms with Gasteiger partial charge in [-0.05, 0) is 28.9 Å². The van der Waals surface area contributed by atoms with Gasteiger partial charge in [0.2, 0.25) is 0 Å². The number of carboxylic acids is 1. The largest absolute Gasteiger partial charge is 0.480 e. The van der Waals surface area contributed by atoms with E-state index in [0.29, 0.717) is 41.8 Å². The van der Waals surface area contributed by atoms with Gasteiger partial charge in [-0.3, -0.25) is 10.1 Å². The van der Waals surface area contributed by atoms with Crippen LogP contribution in [0.1, 0.15) is 18.4 Å². The molecule has 2 N–H and O–H groups in total. The van der Waals surface area contributed by atoms with Gasteiger partial charge in [-0.2, -0.15) is 0 Å². The van der Waals surface area contributed by atoms with Crippen molar-refractivity contribution in [3.63, 3.8) is 0 Å². The van der Waals surface area contributed by atoms with Gasteiger partial charge in [-0.1, -0.05) is 0 Å². The first-order valence-corrected chi connectivity index (χ1v) is 7.19. The Kier molecular flexibility index (Phi) is 4.48. The predicted molar refractivity (Wildman–Crippen MR) is 79.6 cm³/mol. The molecule has 0 aliphatic carbocycles. The molecule has 2 rings (SSSR count). The molecule has 0 bridgehead atoms. The van der Waals surface area contributed by atoms with E-state index in [1.54, 1.807) is 13.0 Å². The zero-order valence-electron chi connectivity index (χ0n) is 11.4. The minimum absolute atomic E-state index is 0.0104. The molecule has 1 aliphatic rings. The van der Waals surface area contributed by atoms with Crippen LogP contribution in [0.25, 0.3) is 0 Å². The first kappa shape index (κ1) is 15.7. The highest BCUT2D eigenvalue weighted by Crippen LogP contribution is 2.34. The Bertz CT molecular complexity index is 584. The summed E-state index contributed by atoms with van der Waals surface area (Å²) < 4.78 is 5.68. The molecule has 0 amide bonds. The van der Waals surface area contributed by atoms with Crippen LogP contribution in [-0.2, 0) is 9.53 Å². The number of nitro groups is 1. The molecule has 0 spiro atoms. The van der Waals surface area contributed by atoms with Gasteiger partial charge in [-0.25, -0.2) is 4.79 Å². The monoisotopic (exact) mass is 358 g/mol. The summed E-state index contributed by atoms with van der Waals surface area (Å²) in [4.78, 5) is 22.0. The molecule has 1 aromatic carbocycles. The van der Waals surface area contributed by atoms with E-state index in [1.807, 2.05) is 0 Å². The number of aliphatic carboxylic acids is 1. The fraction of sp³-hybridized carbons (Fsp3) is 0.462. The van der Waals surface area contributed by atoms with Crippen LogP contribution in [0, 0.1) is 17.0 Å². The number of aryl methyl sites for hydroxylation is 1. The van der Waals surface area contributed by atoms with E-state index in [9.17, 15) is 20.0 Å². The number of nitrogens with one attached hydrogen (secondary N) is 1. The highest BCUT2D eigenvalue weighted by atomic mass is 79.9. The van der Waals surface area contributed by atoms with Crippen molar-refractivity contribution < 1.29 is 19.6 Å². The maximum atomic E-state index is 11.6. The van der Waals surface area contributed by atoms with Crippen LogP contribution in [0.2, 0.25) is 0 Å². The molecule has 1 aromatic rings. The highest BCUT2D eigenvalue weighted by Gasteiger charge is 2.40. The van der Waals surface area contributed by atoms with Crippen LogP contribution in [0.15, 0.2) is 16.6 Å². The van der Waals surface area contributed by atoms with Crippen LogP contribution in [0.5, 0.6) is 0 Å². The zero-order valence-corrected chi connectivity index (χ0v) is 13.0.